The smallest absolute Gasteiger partial charge is 0.219 e. The summed E-state index contributed by atoms with van der Waals surface area (Å²) in [6.07, 6.45) is 1.69. The van der Waals surface area contributed by atoms with E-state index in [-0.39, 0.29) is 5.78 Å². The Morgan fingerprint density at radius 2 is 1.88 bits per heavy atom. The summed E-state index contributed by atoms with van der Waals surface area (Å²) in [6.45, 7) is 2.37. The molecule has 0 aromatic heterocycles. The summed E-state index contributed by atoms with van der Waals surface area (Å²) < 4.78 is 25.5. The van der Waals surface area contributed by atoms with Crippen LogP contribution in [-0.2, 0) is 10.0 Å². The van der Waals surface area contributed by atoms with Crippen LogP contribution in [0.5, 0.6) is 0 Å². The van der Waals surface area contributed by atoms with Gasteiger partial charge in [-0.15, -0.1) is 0 Å². The largest absolute Gasteiger partial charge is 0.293 e. The summed E-state index contributed by atoms with van der Waals surface area (Å²) in [5, 5.41) is 0. The van der Waals surface area contributed by atoms with Gasteiger partial charge in [-0.2, -0.15) is 0 Å². The molecule has 0 aliphatic rings. The zero-order valence-electron chi connectivity index (χ0n) is 9.85. The van der Waals surface area contributed by atoms with Crippen LogP contribution < -0.4 is 4.72 Å². The fraction of sp³-hybridized carbons (Fsp3) is 0.417. The maximum absolute atomic E-state index is 11.7. The lowest BCUT2D eigenvalue weighted by molar-refractivity contribution is 0.102. The molecule has 1 rings (SSSR count). The Labute approximate surface area is 102 Å². The number of ketones is 1. The predicted molar refractivity (Wildman–Crippen MR) is 67.5 cm³/mol. The SMILES string of the molecule is CCCCNS(=O)(=O)CC(=O)c1ccccc1. The number of sulfonamides is 1. The lowest BCUT2D eigenvalue weighted by Gasteiger charge is -2.05. The third kappa shape index (κ3) is 5.10. The van der Waals surface area contributed by atoms with Crippen molar-refractivity contribution >= 4 is 15.8 Å². The van der Waals surface area contributed by atoms with Crippen LogP contribution in [0.25, 0.3) is 0 Å². The average molecular weight is 255 g/mol. The van der Waals surface area contributed by atoms with E-state index in [0.29, 0.717) is 12.1 Å². The number of unbranched alkanes of at least 4 members (excludes halogenated alkanes) is 1. The molecule has 0 saturated heterocycles. The average Bonchev–Trinajstić information content (AvgIpc) is 2.30. The highest BCUT2D eigenvalue weighted by Gasteiger charge is 2.16. The van der Waals surface area contributed by atoms with Crippen LogP contribution in [0.1, 0.15) is 30.1 Å². The summed E-state index contributed by atoms with van der Waals surface area (Å²) in [6, 6.07) is 8.44. The predicted octanol–water partition coefficient (Wildman–Crippen LogP) is 1.59. The fourth-order valence-corrected chi connectivity index (χ4v) is 2.40. The second kappa shape index (κ2) is 6.51. The standard InChI is InChI=1S/C12H17NO3S/c1-2-3-9-13-17(15,16)10-12(14)11-7-5-4-6-8-11/h4-8,13H,2-3,9-10H2,1H3. The molecule has 1 N–H and O–H groups in total. The highest BCUT2D eigenvalue weighted by Crippen LogP contribution is 2.02. The molecule has 0 saturated carbocycles. The van der Waals surface area contributed by atoms with Crippen LogP contribution in [0.2, 0.25) is 0 Å². The molecule has 0 radical (unpaired) electrons. The minimum absolute atomic E-state index is 0.380. The molecule has 17 heavy (non-hydrogen) atoms. The van der Waals surface area contributed by atoms with Gasteiger partial charge in [-0.1, -0.05) is 43.7 Å². The summed E-state index contributed by atoms with van der Waals surface area (Å²) >= 11 is 0. The number of hydrogen-bond donors (Lipinski definition) is 1. The number of nitrogens with one attached hydrogen (secondary N) is 1. The third-order valence-corrected chi connectivity index (χ3v) is 3.56. The zero-order chi connectivity index (χ0) is 12.7. The van der Waals surface area contributed by atoms with E-state index in [1.807, 2.05) is 6.92 Å². The highest BCUT2D eigenvalue weighted by molar-refractivity contribution is 7.90. The molecular formula is C12H17NO3S. The van der Waals surface area contributed by atoms with Gasteiger partial charge in [-0.25, -0.2) is 13.1 Å². The van der Waals surface area contributed by atoms with E-state index in [9.17, 15) is 13.2 Å². The summed E-state index contributed by atoms with van der Waals surface area (Å²) in [5.41, 5.74) is 0.424. The molecule has 0 unspecified atom stereocenters. The van der Waals surface area contributed by atoms with Gasteiger partial charge in [0.05, 0.1) is 0 Å². The molecule has 0 aliphatic carbocycles. The monoisotopic (exact) mass is 255 g/mol. The van der Waals surface area contributed by atoms with Gasteiger partial charge in [0.25, 0.3) is 0 Å². The minimum Gasteiger partial charge on any atom is -0.293 e. The number of rotatable bonds is 7. The quantitative estimate of drug-likeness (QED) is 0.594. The number of hydrogen-bond acceptors (Lipinski definition) is 3. The molecule has 94 valence electrons. The van der Waals surface area contributed by atoms with Crippen molar-refractivity contribution in [2.45, 2.75) is 19.8 Å². The first-order valence-electron chi connectivity index (χ1n) is 5.61. The van der Waals surface area contributed by atoms with Crippen LogP contribution in [0.15, 0.2) is 30.3 Å². The van der Waals surface area contributed by atoms with Gasteiger partial charge in [0.2, 0.25) is 10.0 Å². The van der Waals surface area contributed by atoms with Crippen molar-refractivity contribution < 1.29 is 13.2 Å². The zero-order valence-corrected chi connectivity index (χ0v) is 10.7. The molecule has 0 amide bonds. The van der Waals surface area contributed by atoms with E-state index >= 15 is 0 Å². The molecule has 4 nitrogen and oxygen atoms in total. The second-order valence-electron chi connectivity index (χ2n) is 3.80. The Bertz CT molecular complexity index is 454. The number of carbonyl (C=O) groups excluding carboxylic acids is 1. The minimum atomic E-state index is -3.50. The third-order valence-electron chi connectivity index (χ3n) is 2.27. The molecule has 0 aliphatic heterocycles. The van der Waals surface area contributed by atoms with E-state index in [1.54, 1.807) is 30.3 Å². The molecule has 1 aromatic rings. The van der Waals surface area contributed by atoms with E-state index in [1.165, 1.54) is 0 Å². The Morgan fingerprint density at radius 3 is 2.47 bits per heavy atom. The first kappa shape index (κ1) is 13.9. The second-order valence-corrected chi connectivity index (χ2v) is 5.60. The van der Waals surface area contributed by atoms with Crippen LogP contribution in [0.3, 0.4) is 0 Å². The topological polar surface area (TPSA) is 63.2 Å². The maximum Gasteiger partial charge on any atom is 0.219 e. The summed E-state index contributed by atoms with van der Waals surface area (Å²) in [5.74, 6) is -0.865. The van der Waals surface area contributed by atoms with Crippen LogP contribution >= 0.6 is 0 Å². The lowest BCUT2D eigenvalue weighted by Crippen LogP contribution is -2.30. The molecular weight excluding hydrogens is 238 g/mol. The highest BCUT2D eigenvalue weighted by atomic mass is 32.2. The first-order chi connectivity index (χ1) is 8.05. The Hall–Kier alpha value is -1.20. The number of Topliss-reactive ketones (excluding diaryl/α,β-unsaturated/α-hetero) is 1. The van der Waals surface area contributed by atoms with Crippen molar-refractivity contribution in [3.8, 4) is 0 Å². The van der Waals surface area contributed by atoms with Crippen LogP contribution in [0, 0.1) is 0 Å². The van der Waals surface area contributed by atoms with E-state index < -0.39 is 15.8 Å². The van der Waals surface area contributed by atoms with Gasteiger partial charge < -0.3 is 0 Å². The summed E-state index contributed by atoms with van der Waals surface area (Å²) in [4.78, 5) is 11.7. The summed E-state index contributed by atoms with van der Waals surface area (Å²) in [7, 11) is -3.50. The molecule has 0 atom stereocenters. The Kier molecular flexibility index (Phi) is 5.31. The van der Waals surface area contributed by atoms with Crippen molar-refractivity contribution in [3.63, 3.8) is 0 Å². The van der Waals surface area contributed by atoms with E-state index in [0.717, 1.165) is 12.8 Å². The van der Waals surface area contributed by atoms with Gasteiger partial charge >= 0.3 is 0 Å². The molecule has 0 bridgehead atoms. The van der Waals surface area contributed by atoms with Gasteiger partial charge in [-0.3, -0.25) is 4.79 Å². The van der Waals surface area contributed by atoms with Crippen molar-refractivity contribution in [2.24, 2.45) is 0 Å². The van der Waals surface area contributed by atoms with Gasteiger partial charge in [0.15, 0.2) is 5.78 Å². The van der Waals surface area contributed by atoms with Crippen molar-refractivity contribution in [3.05, 3.63) is 35.9 Å². The normalized spacial score (nSPS) is 11.4. The first-order valence-corrected chi connectivity index (χ1v) is 7.26. The maximum atomic E-state index is 11.7. The molecule has 1 aromatic carbocycles. The van der Waals surface area contributed by atoms with Crippen LogP contribution in [-0.4, -0.2) is 26.5 Å². The van der Waals surface area contributed by atoms with Gasteiger partial charge in [-0.05, 0) is 6.42 Å². The lowest BCUT2D eigenvalue weighted by atomic mass is 10.2. The van der Waals surface area contributed by atoms with Crippen molar-refractivity contribution in [1.82, 2.24) is 4.72 Å². The van der Waals surface area contributed by atoms with Crippen molar-refractivity contribution in [2.75, 3.05) is 12.3 Å². The molecule has 0 spiro atoms. The molecule has 5 heteroatoms. The van der Waals surface area contributed by atoms with Crippen molar-refractivity contribution in [1.29, 1.82) is 0 Å². The number of benzene rings is 1. The van der Waals surface area contributed by atoms with E-state index in [4.69, 9.17) is 0 Å². The number of carbonyl (C=O) groups is 1. The van der Waals surface area contributed by atoms with Gasteiger partial charge in [0, 0.05) is 12.1 Å². The fourth-order valence-electron chi connectivity index (χ4n) is 1.34. The molecule has 0 fully saturated rings. The van der Waals surface area contributed by atoms with Gasteiger partial charge in [0.1, 0.15) is 5.75 Å². The van der Waals surface area contributed by atoms with E-state index in [2.05, 4.69) is 4.72 Å². The molecule has 0 heterocycles. The Morgan fingerprint density at radius 1 is 1.24 bits per heavy atom. The van der Waals surface area contributed by atoms with Crippen LogP contribution in [0.4, 0.5) is 0 Å². The Balaban J connectivity index is 2.56.